The zero-order chi connectivity index (χ0) is 13.0. The maximum Gasteiger partial charge on any atom is 0.113 e. The summed E-state index contributed by atoms with van der Waals surface area (Å²) in [6.45, 7) is 2.03. The normalized spacial score (nSPS) is 12.6. The van der Waals surface area contributed by atoms with Gasteiger partial charge < -0.3 is 10.2 Å². The Bertz CT molecular complexity index is 497. The van der Waals surface area contributed by atoms with Crippen LogP contribution in [0.1, 0.15) is 18.2 Å². The highest BCUT2D eigenvalue weighted by atomic mass is 79.9. The number of halogens is 1. The zero-order valence-corrected chi connectivity index (χ0v) is 12.6. The molecule has 0 fully saturated rings. The lowest BCUT2D eigenvalue weighted by atomic mass is 10.1. The molecule has 2 nitrogen and oxygen atoms in total. The molecule has 0 saturated carbocycles. The first kappa shape index (κ1) is 13.7. The minimum absolute atomic E-state index is 0.175. The zero-order valence-electron chi connectivity index (χ0n) is 10.2. The number of hydrogen-bond acceptors (Lipinski definition) is 3. The van der Waals surface area contributed by atoms with Gasteiger partial charge in [-0.1, -0.05) is 22.0 Å². The van der Waals surface area contributed by atoms with E-state index in [1.807, 2.05) is 19.1 Å². The third-order valence-corrected chi connectivity index (χ3v) is 4.13. The molecule has 0 saturated heterocycles. The smallest absolute Gasteiger partial charge is 0.113 e. The van der Waals surface area contributed by atoms with Crippen LogP contribution in [-0.2, 0) is 12.2 Å². The molecule has 0 aliphatic heterocycles. The Balaban J connectivity index is 2.11. The molecule has 2 rings (SSSR count). The van der Waals surface area contributed by atoms with Crippen LogP contribution in [-0.4, -0.2) is 6.04 Å². The predicted molar refractivity (Wildman–Crippen MR) is 79.8 cm³/mol. The fraction of sp³-hybridized carbons (Fsp3) is 0.286. The minimum atomic E-state index is 0.175. The van der Waals surface area contributed by atoms with Crippen molar-refractivity contribution in [1.29, 1.82) is 0 Å². The Kier molecular flexibility index (Phi) is 4.92. The Hall–Kier alpha value is -0.710. The van der Waals surface area contributed by atoms with Crippen LogP contribution in [0.4, 0.5) is 0 Å². The van der Waals surface area contributed by atoms with E-state index in [2.05, 4.69) is 34.1 Å². The van der Waals surface area contributed by atoms with E-state index in [1.165, 1.54) is 10.5 Å². The summed E-state index contributed by atoms with van der Waals surface area (Å²) < 4.78 is 6.44. The molecule has 1 aromatic heterocycles. The third kappa shape index (κ3) is 3.90. The van der Waals surface area contributed by atoms with Crippen LogP contribution in [0, 0.1) is 0 Å². The standard InChI is InChI=1S/C14H16BrNOS/c1-10(16)7-11-4-5-12(15)8-14(11)18-9-13-3-2-6-17-13/h2-6,8,10H,7,9,16H2,1H3. The summed E-state index contributed by atoms with van der Waals surface area (Å²) in [4.78, 5) is 1.26. The predicted octanol–water partition coefficient (Wildman–Crippen LogP) is 4.22. The highest BCUT2D eigenvalue weighted by molar-refractivity contribution is 9.10. The molecule has 4 heteroatoms. The molecule has 96 valence electrons. The SMILES string of the molecule is CC(N)Cc1ccc(Br)cc1SCc1ccco1. The van der Waals surface area contributed by atoms with E-state index >= 15 is 0 Å². The van der Waals surface area contributed by atoms with Crippen molar-refractivity contribution in [1.82, 2.24) is 0 Å². The molecule has 1 unspecified atom stereocenters. The summed E-state index contributed by atoms with van der Waals surface area (Å²) in [5.74, 6) is 1.84. The first-order valence-electron chi connectivity index (χ1n) is 5.84. The highest BCUT2D eigenvalue weighted by Gasteiger charge is 2.07. The van der Waals surface area contributed by atoms with Crippen molar-refractivity contribution in [2.75, 3.05) is 0 Å². The molecule has 2 aromatic rings. The number of benzene rings is 1. The summed E-state index contributed by atoms with van der Waals surface area (Å²) >= 11 is 5.29. The quantitative estimate of drug-likeness (QED) is 0.836. The second-order valence-corrected chi connectivity index (χ2v) is 6.23. The van der Waals surface area contributed by atoms with Gasteiger partial charge in [-0.15, -0.1) is 11.8 Å². The molecule has 0 spiro atoms. The summed E-state index contributed by atoms with van der Waals surface area (Å²) in [6, 6.07) is 10.4. The third-order valence-electron chi connectivity index (χ3n) is 2.52. The molecule has 0 aliphatic carbocycles. The molecule has 1 atom stereocenters. The van der Waals surface area contributed by atoms with E-state index in [1.54, 1.807) is 18.0 Å². The second kappa shape index (κ2) is 6.45. The lowest BCUT2D eigenvalue weighted by molar-refractivity contribution is 0.530. The second-order valence-electron chi connectivity index (χ2n) is 4.30. The van der Waals surface area contributed by atoms with Gasteiger partial charge in [0.2, 0.25) is 0 Å². The van der Waals surface area contributed by atoms with E-state index in [0.717, 1.165) is 22.4 Å². The first-order chi connectivity index (χ1) is 8.65. The van der Waals surface area contributed by atoms with Crippen molar-refractivity contribution in [2.45, 2.75) is 30.0 Å². The van der Waals surface area contributed by atoms with E-state index < -0.39 is 0 Å². The van der Waals surface area contributed by atoms with Gasteiger partial charge in [-0.3, -0.25) is 0 Å². The van der Waals surface area contributed by atoms with Crippen LogP contribution in [0.2, 0.25) is 0 Å². The van der Waals surface area contributed by atoms with Crippen molar-refractivity contribution in [2.24, 2.45) is 5.73 Å². The monoisotopic (exact) mass is 325 g/mol. The number of furan rings is 1. The van der Waals surface area contributed by atoms with E-state index in [9.17, 15) is 0 Å². The lowest BCUT2D eigenvalue weighted by Gasteiger charge is -2.11. The van der Waals surface area contributed by atoms with Gasteiger partial charge in [0, 0.05) is 15.4 Å². The summed E-state index contributed by atoms with van der Waals surface area (Å²) in [7, 11) is 0. The topological polar surface area (TPSA) is 39.2 Å². The van der Waals surface area contributed by atoms with Gasteiger partial charge in [0.25, 0.3) is 0 Å². The van der Waals surface area contributed by atoms with E-state index in [-0.39, 0.29) is 6.04 Å². The fourth-order valence-electron chi connectivity index (χ4n) is 1.72. The van der Waals surface area contributed by atoms with Gasteiger partial charge in [0.1, 0.15) is 5.76 Å². The Morgan fingerprint density at radius 1 is 1.39 bits per heavy atom. The Labute approximate surface area is 120 Å². The van der Waals surface area contributed by atoms with Crippen LogP contribution in [0.3, 0.4) is 0 Å². The Morgan fingerprint density at radius 3 is 2.89 bits per heavy atom. The number of rotatable bonds is 5. The molecule has 1 heterocycles. The van der Waals surface area contributed by atoms with Crippen LogP contribution in [0.5, 0.6) is 0 Å². The van der Waals surface area contributed by atoms with Gasteiger partial charge in [-0.25, -0.2) is 0 Å². The van der Waals surface area contributed by atoms with E-state index in [0.29, 0.717) is 0 Å². The fourth-order valence-corrected chi connectivity index (χ4v) is 3.24. The van der Waals surface area contributed by atoms with Gasteiger partial charge in [-0.05, 0) is 43.2 Å². The van der Waals surface area contributed by atoms with Crippen molar-refractivity contribution in [3.63, 3.8) is 0 Å². The molecule has 18 heavy (non-hydrogen) atoms. The van der Waals surface area contributed by atoms with Gasteiger partial charge in [0.15, 0.2) is 0 Å². The van der Waals surface area contributed by atoms with Crippen molar-refractivity contribution in [3.05, 3.63) is 52.4 Å². The van der Waals surface area contributed by atoms with Gasteiger partial charge >= 0.3 is 0 Å². The van der Waals surface area contributed by atoms with Gasteiger partial charge in [0.05, 0.1) is 12.0 Å². The van der Waals surface area contributed by atoms with Crippen molar-refractivity contribution >= 4 is 27.7 Å². The van der Waals surface area contributed by atoms with Crippen LogP contribution in [0.25, 0.3) is 0 Å². The van der Waals surface area contributed by atoms with Crippen LogP contribution in [0.15, 0.2) is 50.4 Å². The van der Waals surface area contributed by atoms with Crippen LogP contribution < -0.4 is 5.73 Å². The van der Waals surface area contributed by atoms with Crippen molar-refractivity contribution in [3.8, 4) is 0 Å². The molecular weight excluding hydrogens is 310 g/mol. The summed E-state index contributed by atoms with van der Waals surface area (Å²) in [5.41, 5.74) is 7.18. The molecule has 1 aromatic carbocycles. The average Bonchev–Trinajstić information content (AvgIpc) is 2.82. The Morgan fingerprint density at radius 2 is 2.22 bits per heavy atom. The maximum absolute atomic E-state index is 5.88. The maximum atomic E-state index is 5.88. The molecule has 2 N–H and O–H groups in total. The molecule has 0 bridgehead atoms. The number of hydrogen-bond donors (Lipinski definition) is 1. The average molecular weight is 326 g/mol. The van der Waals surface area contributed by atoms with Crippen molar-refractivity contribution < 1.29 is 4.42 Å². The largest absolute Gasteiger partial charge is 0.468 e. The summed E-state index contributed by atoms with van der Waals surface area (Å²) in [5, 5.41) is 0. The minimum Gasteiger partial charge on any atom is -0.468 e. The number of thioether (sulfide) groups is 1. The lowest BCUT2D eigenvalue weighted by Crippen LogP contribution is -2.18. The van der Waals surface area contributed by atoms with Gasteiger partial charge in [-0.2, -0.15) is 0 Å². The molecular formula is C14H16BrNOS. The molecule has 0 amide bonds. The first-order valence-corrected chi connectivity index (χ1v) is 7.62. The molecule has 0 aliphatic rings. The summed E-state index contributed by atoms with van der Waals surface area (Å²) in [6.07, 6.45) is 2.60. The number of nitrogens with two attached hydrogens (primary N) is 1. The van der Waals surface area contributed by atoms with Crippen LogP contribution >= 0.6 is 27.7 Å². The molecule has 0 radical (unpaired) electrons. The highest BCUT2D eigenvalue weighted by Crippen LogP contribution is 2.30. The van der Waals surface area contributed by atoms with E-state index in [4.69, 9.17) is 10.2 Å².